The van der Waals surface area contributed by atoms with Crippen LogP contribution < -0.4 is 15.5 Å². The summed E-state index contributed by atoms with van der Waals surface area (Å²) in [6.07, 6.45) is 1.54. The van der Waals surface area contributed by atoms with Gasteiger partial charge in [0.05, 0.1) is 6.21 Å². The lowest BCUT2D eigenvalue weighted by Crippen LogP contribution is -2.20. The molecule has 0 heterocycles. The number of thioether (sulfide) groups is 1. The van der Waals surface area contributed by atoms with Crippen LogP contribution in [0.2, 0.25) is 5.02 Å². The summed E-state index contributed by atoms with van der Waals surface area (Å²) in [5.41, 5.74) is 5.66. The summed E-state index contributed by atoms with van der Waals surface area (Å²) >= 11 is 7.62. The molecule has 0 aliphatic heterocycles. The van der Waals surface area contributed by atoms with Gasteiger partial charge in [-0.15, -0.1) is 11.8 Å². The predicted octanol–water partition coefficient (Wildman–Crippen LogP) is 6.41. The molecule has 0 fully saturated rings. The summed E-state index contributed by atoms with van der Waals surface area (Å²) in [5, 5.41) is 7.51. The van der Waals surface area contributed by atoms with Crippen LogP contribution in [0.4, 0.5) is 5.69 Å². The van der Waals surface area contributed by atoms with Crippen molar-refractivity contribution >= 4 is 47.1 Å². The number of hydrazone groups is 1. The van der Waals surface area contributed by atoms with Crippen molar-refractivity contribution < 1.29 is 14.3 Å². The van der Waals surface area contributed by atoms with Gasteiger partial charge in [0.1, 0.15) is 5.75 Å². The highest BCUT2D eigenvalue weighted by Crippen LogP contribution is 2.24. The van der Waals surface area contributed by atoms with Crippen molar-refractivity contribution in [3.63, 3.8) is 0 Å². The molecule has 0 radical (unpaired) electrons. The molecule has 4 aromatic rings. The maximum Gasteiger partial charge on any atom is 0.271 e. The molecule has 0 saturated carbocycles. The van der Waals surface area contributed by atoms with Gasteiger partial charge < -0.3 is 10.1 Å². The fourth-order valence-electron chi connectivity index (χ4n) is 3.20. The Morgan fingerprint density at radius 3 is 2.27 bits per heavy atom. The number of nitrogens with zero attached hydrogens (tertiary/aromatic N) is 1. The Labute approximate surface area is 224 Å². The maximum absolute atomic E-state index is 12.4. The summed E-state index contributed by atoms with van der Waals surface area (Å²) in [5.74, 6) is 0.808. The van der Waals surface area contributed by atoms with E-state index in [1.54, 1.807) is 54.4 Å². The first-order chi connectivity index (χ1) is 18.0. The van der Waals surface area contributed by atoms with Crippen LogP contribution in [0.5, 0.6) is 5.75 Å². The second-order valence-electron chi connectivity index (χ2n) is 7.91. The van der Waals surface area contributed by atoms with Gasteiger partial charge in [-0.3, -0.25) is 9.59 Å². The smallest absolute Gasteiger partial charge is 0.271 e. The number of carbonyl (C=O) groups is 2. The van der Waals surface area contributed by atoms with E-state index in [4.69, 9.17) is 16.3 Å². The van der Waals surface area contributed by atoms with Crippen LogP contribution in [-0.2, 0) is 10.5 Å². The van der Waals surface area contributed by atoms with E-state index in [9.17, 15) is 9.59 Å². The highest BCUT2D eigenvalue weighted by atomic mass is 35.5. The molecule has 0 aliphatic rings. The van der Waals surface area contributed by atoms with Gasteiger partial charge >= 0.3 is 0 Å². The van der Waals surface area contributed by atoms with Crippen molar-refractivity contribution in [1.82, 2.24) is 5.43 Å². The molecule has 2 N–H and O–H groups in total. The number of rotatable bonds is 10. The third kappa shape index (κ3) is 8.52. The Balaban J connectivity index is 1.20. The molecule has 0 bridgehead atoms. The van der Waals surface area contributed by atoms with Gasteiger partial charge in [-0.25, -0.2) is 5.43 Å². The molecule has 2 amide bonds. The Kier molecular flexibility index (Phi) is 9.35. The minimum Gasteiger partial charge on any atom is -0.484 e. The van der Waals surface area contributed by atoms with E-state index >= 15 is 0 Å². The second-order valence-corrected chi connectivity index (χ2v) is 9.40. The van der Waals surface area contributed by atoms with Crippen LogP contribution >= 0.6 is 23.4 Å². The van der Waals surface area contributed by atoms with Crippen LogP contribution in [0.25, 0.3) is 0 Å². The first kappa shape index (κ1) is 26.0. The van der Waals surface area contributed by atoms with Crippen LogP contribution in [0.15, 0.2) is 113 Å². The molecule has 37 heavy (non-hydrogen) atoms. The van der Waals surface area contributed by atoms with E-state index < -0.39 is 0 Å². The van der Waals surface area contributed by atoms with Gasteiger partial charge in [-0.05, 0) is 83.9 Å². The van der Waals surface area contributed by atoms with Gasteiger partial charge in [0.25, 0.3) is 11.8 Å². The molecule has 8 heteroatoms. The van der Waals surface area contributed by atoms with Gasteiger partial charge in [-0.2, -0.15) is 5.10 Å². The Hall–Kier alpha value is -4.07. The number of carbonyl (C=O) groups excluding carboxylic acids is 2. The van der Waals surface area contributed by atoms with E-state index in [1.807, 2.05) is 66.7 Å². The minimum atomic E-state index is -0.294. The lowest BCUT2D eigenvalue weighted by atomic mass is 10.1. The number of benzene rings is 4. The molecule has 0 saturated heterocycles. The average molecular weight is 530 g/mol. The molecule has 0 aliphatic carbocycles. The number of anilines is 1. The average Bonchev–Trinajstić information content (AvgIpc) is 2.93. The molecule has 4 aromatic carbocycles. The molecule has 0 unspecified atom stereocenters. The number of hydrogen-bond donors (Lipinski definition) is 2. The molecule has 6 nitrogen and oxygen atoms in total. The van der Waals surface area contributed by atoms with E-state index in [0.717, 1.165) is 21.8 Å². The number of hydrogen-bond acceptors (Lipinski definition) is 5. The summed E-state index contributed by atoms with van der Waals surface area (Å²) < 4.78 is 5.52. The van der Waals surface area contributed by atoms with E-state index in [-0.39, 0.29) is 18.4 Å². The standard InChI is InChI=1S/C29H24ClN3O3S/c30-24-12-16-27(17-13-24)37-20-22-6-10-23(11-7-22)29(35)33-31-18-21-8-14-26(15-9-21)36-19-28(34)32-25-4-2-1-3-5-25/h1-18H,19-20H2,(H,32,34)(H,33,35)/b31-18-. The van der Waals surface area contributed by atoms with Crippen LogP contribution in [-0.4, -0.2) is 24.6 Å². The lowest BCUT2D eigenvalue weighted by molar-refractivity contribution is -0.118. The molecular weight excluding hydrogens is 506 g/mol. The van der Waals surface area contributed by atoms with Crippen molar-refractivity contribution in [2.45, 2.75) is 10.6 Å². The highest BCUT2D eigenvalue weighted by molar-refractivity contribution is 7.98. The SMILES string of the molecule is O=C(COc1ccc(/C=N\NC(=O)c2ccc(CSc3ccc(Cl)cc3)cc2)cc1)Nc1ccccc1. The maximum atomic E-state index is 12.4. The number of halogens is 1. The van der Waals surface area contributed by atoms with Gasteiger partial charge in [0.15, 0.2) is 6.61 Å². The van der Waals surface area contributed by atoms with Gasteiger partial charge in [0.2, 0.25) is 0 Å². The van der Waals surface area contributed by atoms with E-state index in [1.165, 1.54) is 0 Å². The van der Waals surface area contributed by atoms with Crippen LogP contribution in [0.1, 0.15) is 21.5 Å². The zero-order valence-electron chi connectivity index (χ0n) is 19.8. The monoisotopic (exact) mass is 529 g/mol. The number of nitrogens with one attached hydrogen (secondary N) is 2. The first-order valence-electron chi connectivity index (χ1n) is 11.4. The van der Waals surface area contributed by atoms with Crippen molar-refractivity contribution in [2.24, 2.45) is 5.10 Å². The van der Waals surface area contributed by atoms with Gasteiger partial charge in [0, 0.05) is 26.9 Å². The highest BCUT2D eigenvalue weighted by Gasteiger charge is 2.06. The molecule has 0 spiro atoms. The number of amides is 2. The Bertz CT molecular complexity index is 1340. The zero-order valence-corrected chi connectivity index (χ0v) is 21.3. The first-order valence-corrected chi connectivity index (χ1v) is 12.8. The third-order valence-corrected chi connectivity index (χ3v) is 6.46. The largest absolute Gasteiger partial charge is 0.484 e. The molecule has 186 valence electrons. The van der Waals surface area contributed by atoms with Crippen LogP contribution in [0, 0.1) is 0 Å². The normalized spacial score (nSPS) is 10.7. The van der Waals surface area contributed by atoms with Crippen LogP contribution in [0.3, 0.4) is 0 Å². The van der Waals surface area contributed by atoms with Gasteiger partial charge in [-0.1, -0.05) is 41.9 Å². The van der Waals surface area contributed by atoms with Crippen molar-refractivity contribution in [1.29, 1.82) is 0 Å². The van der Waals surface area contributed by atoms with Crippen molar-refractivity contribution in [3.8, 4) is 5.75 Å². The molecular formula is C29H24ClN3O3S. The topological polar surface area (TPSA) is 79.8 Å². The minimum absolute atomic E-state index is 0.100. The summed E-state index contributed by atoms with van der Waals surface area (Å²) in [6.45, 7) is -0.100. The second kappa shape index (κ2) is 13.3. The van der Waals surface area contributed by atoms with Crippen molar-refractivity contribution in [2.75, 3.05) is 11.9 Å². The summed E-state index contributed by atoms with van der Waals surface area (Å²) in [4.78, 5) is 25.5. The Morgan fingerprint density at radius 1 is 0.865 bits per heavy atom. The number of para-hydroxylation sites is 1. The van der Waals surface area contributed by atoms with E-state index in [0.29, 0.717) is 22.0 Å². The Morgan fingerprint density at radius 2 is 1.57 bits per heavy atom. The predicted molar refractivity (Wildman–Crippen MR) is 150 cm³/mol. The summed E-state index contributed by atoms with van der Waals surface area (Å²) in [6, 6.07) is 31.4. The van der Waals surface area contributed by atoms with E-state index in [2.05, 4.69) is 15.8 Å². The quantitative estimate of drug-likeness (QED) is 0.141. The zero-order chi connectivity index (χ0) is 25.9. The lowest BCUT2D eigenvalue weighted by Gasteiger charge is -2.07. The molecule has 0 atom stereocenters. The molecule has 4 rings (SSSR count). The number of ether oxygens (including phenoxy) is 1. The molecule has 0 aromatic heterocycles. The fourth-order valence-corrected chi connectivity index (χ4v) is 4.18. The third-order valence-electron chi connectivity index (χ3n) is 5.12. The van der Waals surface area contributed by atoms with Crippen molar-refractivity contribution in [3.05, 3.63) is 125 Å². The fraction of sp³-hybridized carbons (Fsp3) is 0.0690. The summed E-state index contributed by atoms with van der Waals surface area (Å²) in [7, 11) is 0.